The Morgan fingerprint density at radius 2 is 2.25 bits per heavy atom. The number of nitrogens with zero attached hydrogens (tertiary/aromatic N) is 1. The third-order valence-corrected chi connectivity index (χ3v) is 4.36. The van der Waals surface area contributed by atoms with E-state index in [1.54, 1.807) is 0 Å². The van der Waals surface area contributed by atoms with Crippen LogP contribution in [-0.2, 0) is 0 Å². The third-order valence-electron chi connectivity index (χ3n) is 4.13. The summed E-state index contributed by atoms with van der Waals surface area (Å²) >= 11 is 6.07. The molecule has 0 aromatic heterocycles. The fraction of sp³-hybridized carbons (Fsp3) is 0.625. The lowest BCUT2D eigenvalue weighted by atomic mass is 9.93. The molecule has 20 heavy (non-hydrogen) atoms. The largest absolute Gasteiger partial charge is 0.330 e. The number of rotatable bonds is 5. The molecule has 2 unspecified atom stereocenters. The molecule has 0 radical (unpaired) electrons. The Labute approximate surface area is 134 Å². The average molecular weight is 317 g/mol. The monoisotopic (exact) mass is 316 g/mol. The normalized spacial score (nSPS) is 21.2. The quantitative estimate of drug-likeness (QED) is 0.892. The number of nitrogens with two attached hydrogens (primary N) is 1. The van der Waals surface area contributed by atoms with Crippen LogP contribution in [0.3, 0.4) is 0 Å². The highest BCUT2D eigenvalue weighted by atomic mass is 35.5. The maximum atomic E-state index is 6.07. The molecule has 4 heteroatoms. The smallest absolute Gasteiger partial charge is 0.0408 e. The third kappa shape index (κ3) is 5.25. The van der Waals surface area contributed by atoms with Crippen LogP contribution in [0.2, 0.25) is 5.02 Å². The minimum Gasteiger partial charge on any atom is -0.330 e. The highest BCUT2D eigenvalue weighted by Gasteiger charge is 2.21. The second-order valence-electron chi connectivity index (χ2n) is 5.80. The molecule has 1 aliphatic heterocycles. The summed E-state index contributed by atoms with van der Waals surface area (Å²) in [7, 11) is 0. The van der Waals surface area contributed by atoms with E-state index >= 15 is 0 Å². The van der Waals surface area contributed by atoms with Crippen molar-refractivity contribution in [3.8, 4) is 0 Å². The first-order chi connectivity index (χ1) is 9.19. The fourth-order valence-corrected chi connectivity index (χ4v) is 3.29. The molecular weight excluding hydrogens is 291 g/mol. The number of hydrogen-bond donors (Lipinski definition) is 1. The predicted molar refractivity (Wildman–Crippen MR) is 90.0 cm³/mol. The summed E-state index contributed by atoms with van der Waals surface area (Å²) in [4.78, 5) is 2.59. The van der Waals surface area contributed by atoms with Crippen molar-refractivity contribution in [2.24, 2.45) is 11.7 Å². The van der Waals surface area contributed by atoms with E-state index in [0.29, 0.717) is 5.92 Å². The molecule has 0 amide bonds. The van der Waals surface area contributed by atoms with E-state index in [0.717, 1.165) is 24.0 Å². The van der Waals surface area contributed by atoms with Crippen molar-refractivity contribution in [3.05, 3.63) is 34.9 Å². The van der Waals surface area contributed by atoms with Crippen LogP contribution in [0.5, 0.6) is 0 Å². The van der Waals surface area contributed by atoms with Gasteiger partial charge in [0.05, 0.1) is 0 Å². The van der Waals surface area contributed by atoms with Crippen LogP contribution in [0.15, 0.2) is 24.3 Å². The number of hydrogen-bond acceptors (Lipinski definition) is 2. The Morgan fingerprint density at radius 3 is 2.95 bits per heavy atom. The highest BCUT2D eigenvalue weighted by Crippen LogP contribution is 2.24. The molecule has 2 N–H and O–H groups in total. The van der Waals surface area contributed by atoms with Gasteiger partial charge in [0.25, 0.3) is 0 Å². The van der Waals surface area contributed by atoms with Gasteiger partial charge in [0, 0.05) is 18.1 Å². The molecule has 0 saturated carbocycles. The van der Waals surface area contributed by atoms with Crippen LogP contribution in [0.4, 0.5) is 0 Å². The zero-order valence-corrected chi connectivity index (χ0v) is 13.8. The minimum atomic E-state index is 0. The zero-order valence-electron chi connectivity index (χ0n) is 12.2. The van der Waals surface area contributed by atoms with E-state index in [4.69, 9.17) is 17.3 Å². The molecule has 0 aliphatic carbocycles. The maximum absolute atomic E-state index is 6.07. The van der Waals surface area contributed by atoms with Gasteiger partial charge in [-0.2, -0.15) is 0 Å². The molecule has 2 rings (SSSR count). The van der Waals surface area contributed by atoms with Gasteiger partial charge in [-0.05, 0) is 61.9 Å². The van der Waals surface area contributed by atoms with Gasteiger partial charge in [-0.15, -0.1) is 12.4 Å². The number of halogens is 2. The molecule has 114 valence electrons. The SMILES string of the molecule is CC(CN1CCCC(CCN)C1)c1cccc(Cl)c1.Cl. The molecule has 1 saturated heterocycles. The Hall–Kier alpha value is -0.280. The molecule has 0 bridgehead atoms. The summed E-state index contributed by atoms with van der Waals surface area (Å²) in [5.41, 5.74) is 7.02. The van der Waals surface area contributed by atoms with Gasteiger partial charge in [0.1, 0.15) is 0 Å². The first kappa shape index (κ1) is 17.8. The van der Waals surface area contributed by atoms with Crippen LogP contribution in [-0.4, -0.2) is 31.1 Å². The Morgan fingerprint density at radius 1 is 1.45 bits per heavy atom. The Kier molecular flexibility index (Phi) is 7.90. The second-order valence-corrected chi connectivity index (χ2v) is 6.24. The summed E-state index contributed by atoms with van der Waals surface area (Å²) in [5.74, 6) is 1.33. The van der Waals surface area contributed by atoms with Crippen molar-refractivity contribution in [1.29, 1.82) is 0 Å². The molecule has 1 aromatic carbocycles. The predicted octanol–water partition coefficient (Wildman–Crippen LogP) is 3.93. The molecule has 1 heterocycles. The van der Waals surface area contributed by atoms with E-state index in [2.05, 4.69) is 24.0 Å². The van der Waals surface area contributed by atoms with Gasteiger partial charge in [-0.1, -0.05) is 30.7 Å². The lowest BCUT2D eigenvalue weighted by Crippen LogP contribution is -2.38. The lowest BCUT2D eigenvalue weighted by molar-refractivity contribution is 0.163. The molecule has 0 spiro atoms. The van der Waals surface area contributed by atoms with Crippen LogP contribution in [0.25, 0.3) is 0 Å². The summed E-state index contributed by atoms with van der Waals surface area (Å²) in [5, 5.41) is 0.837. The summed E-state index contributed by atoms with van der Waals surface area (Å²) in [6.07, 6.45) is 3.83. The minimum absolute atomic E-state index is 0. The van der Waals surface area contributed by atoms with Crippen molar-refractivity contribution >= 4 is 24.0 Å². The fourth-order valence-electron chi connectivity index (χ4n) is 3.09. The second kappa shape index (κ2) is 8.89. The van der Waals surface area contributed by atoms with Crippen LogP contribution >= 0.6 is 24.0 Å². The van der Waals surface area contributed by atoms with Crippen LogP contribution < -0.4 is 5.73 Å². The summed E-state index contributed by atoms with van der Waals surface area (Å²) in [6, 6.07) is 8.25. The van der Waals surface area contributed by atoms with Crippen molar-refractivity contribution in [2.75, 3.05) is 26.2 Å². The summed E-state index contributed by atoms with van der Waals surface area (Å²) < 4.78 is 0. The average Bonchev–Trinajstić information content (AvgIpc) is 2.39. The number of likely N-dealkylation sites (tertiary alicyclic amines) is 1. The van der Waals surface area contributed by atoms with Gasteiger partial charge in [-0.3, -0.25) is 0 Å². The van der Waals surface area contributed by atoms with Gasteiger partial charge < -0.3 is 10.6 Å². The molecular formula is C16H26Cl2N2. The molecule has 2 atom stereocenters. The Bertz CT molecular complexity index is 396. The number of benzene rings is 1. The molecule has 1 aliphatic rings. The van der Waals surface area contributed by atoms with Crippen LogP contribution in [0, 0.1) is 5.92 Å². The van der Waals surface area contributed by atoms with Crippen molar-refractivity contribution in [2.45, 2.75) is 32.1 Å². The molecule has 2 nitrogen and oxygen atoms in total. The topological polar surface area (TPSA) is 29.3 Å². The number of piperidine rings is 1. The first-order valence-electron chi connectivity index (χ1n) is 7.37. The van der Waals surface area contributed by atoms with E-state index in [9.17, 15) is 0 Å². The van der Waals surface area contributed by atoms with Crippen molar-refractivity contribution < 1.29 is 0 Å². The maximum Gasteiger partial charge on any atom is 0.0408 e. The highest BCUT2D eigenvalue weighted by molar-refractivity contribution is 6.30. The molecule has 1 fully saturated rings. The summed E-state index contributed by atoms with van der Waals surface area (Å²) in [6.45, 7) is 6.68. The zero-order chi connectivity index (χ0) is 13.7. The van der Waals surface area contributed by atoms with Crippen LogP contribution in [0.1, 0.15) is 37.7 Å². The standard InChI is InChI=1S/C16H25ClN2.ClH/c1-13(15-5-2-6-16(17)10-15)11-19-9-3-4-14(12-19)7-8-18;/h2,5-6,10,13-14H,3-4,7-9,11-12,18H2,1H3;1H. The lowest BCUT2D eigenvalue weighted by Gasteiger charge is -2.34. The van der Waals surface area contributed by atoms with Gasteiger partial charge in [0.2, 0.25) is 0 Å². The van der Waals surface area contributed by atoms with E-state index < -0.39 is 0 Å². The van der Waals surface area contributed by atoms with Gasteiger partial charge in [0.15, 0.2) is 0 Å². The van der Waals surface area contributed by atoms with Gasteiger partial charge >= 0.3 is 0 Å². The first-order valence-corrected chi connectivity index (χ1v) is 7.74. The van der Waals surface area contributed by atoms with E-state index in [1.165, 1.54) is 37.9 Å². The van der Waals surface area contributed by atoms with E-state index in [-0.39, 0.29) is 12.4 Å². The van der Waals surface area contributed by atoms with Gasteiger partial charge in [-0.25, -0.2) is 0 Å². The van der Waals surface area contributed by atoms with Crippen molar-refractivity contribution in [1.82, 2.24) is 4.90 Å². The molecule has 1 aromatic rings. The van der Waals surface area contributed by atoms with Crippen molar-refractivity contribution in [3.63, 3.8) is 0 Å². The van der Waals surface area contributed by atoms with E-state index in [1.807, 2.05) is 12.1 Å². The Balaban J connectivity index is 0.00000200.